The van der Waals surface area contributed by atoms with Crippen molar-refractivity contribution in [3.63, 3.8) is 0 Å². The summed E-state index contributed by atoms with van der Waals surface area (Å²) in [6, 6.07) is 13.7. The van der Waals surface area contributed by atoms with E-state index in [-0.39, 0.29) is 28.0 Å². The first-order valence-corrected chi connectivity index (χ1v) is 12.2. The number of carbonyl (C=O) groups is 1. The highest BCUT2D eigenvalue weighted by molar-refractivity contribution is 9.10. The van der Waals surface area contributed by atoms with Crippen LogP contribution in [0.25, 0.3) is 0 Å². The van der Waals surface area contributed by atoms with E-state index in [1.807, 2.05) is 13.0 Å². The summed E-state index contributed by atoms with van der Waals surface area (Å²) in [7, 11) is -3.80. The average Bonchev–Trinajstić information content (AvgIpc) is 2.71. The lowest BCUT2D eigenvalue weighted by molar-refractivity contribution is -0.115. The minimum absolute atomic E-state index is 0.0396. The molecule has 3 aromatic rings. The maximum atomic E-state index is 13.9. The normalized spacial score (nSPS) is 11.3. The van der Waals surface area contributed by atoms with E-state index in [0.717, 1.165) is 5.56 Å². The standard InChI is InChI=1S/C22H19BrClFN2O4S/c1-2-14-4-3-13(9-19(14)31-20-12-15(23)11-18(25)22(20)24)10-21(28)27-16-5-7-17(8-6-16)32(26,29)30/h3-9,11-12H,2,10H2,1H3,(H,27,28)(H2,26,29,30). The van der Waals surface area contributed by atoms with E-state index in [0.29, 0.717) is 27.9 Å². The molecule has 1 amide bonds. The Hall–Kier alpha value is -2.46. The Morgan fingerprint density at radius 3 is 2.44 bits per heavy atom. The fourth-order valence-electron chi connectivity index (χ4n) is 2.94. The number of aryl methyl sites for hydroxylation is 1. The summed E-state index contributed by atoms with van der Waals surface area (Å²) in [6.07, 6.45) is 0.699. The van der Waals surface area contributed by atoms with Gasteiger partial charge in [0.2, 0.25) is 15.9 Å². The number of hydrogen-bond donors (Lipinski definition) is 2. The Kier molecular flexibility index (Phi) is 7.55. The number of anilines is 1. The lowest BCUT2D eigenvalue weighted by Gasteiger charge is -2.14. The lowest BCUT2D eigenvalue weighted by atomic mass is 10.1. The van der Waals surface area contributed by atoms with Crippen LogP contribution < -0.4 is 15.2 Å². The van der Waals surface area contributed by atoms with Crippen LogP contribution >= 0.6 is 27.5 Å². The Bertz CT molecular complexity index is 1270. The third kappa shape index (κ3) is 6.07. The van der Waals surface area contributed by atoms with E-state index in [4.69, 9.17) is 21.5 Å². The van der Waals surface area contributed by atoms with Crippen LogP contribution in [-0.2, 0) is 27.7 Å². The van der Waals surface area contributed by atoms with Gasteiger partial charge in [-0.05, 0) is 60.0 Å². The first-order chi connectivity index (χ1) is 15.1. The van der Waals surface area contributed by atoms with Crippen LogP contribution in [-0.4, -0.2) is 14.3 Å². The van der Waals surface area contributed by atoms with Gasteiger partial charge in [0.05, 0.1) is 11.3 Å². The molecule has 0 radical (unpaired) electrons. The molecule has 0 saturated carbocycles. The molecule has 0 aromatic heterocycles. The van der Waals surface area contributed by atoms with Crippen LogP contribution in [0.3, 0.4) is 0 Å². The van der Waals surface area contributed by atoms with Crippen molar-refractivity contribution >= 4 is 49.1 Å². The molecule has 3 N–H and O–H groups in total. The predicted octanol–water partition coefficient (Wildman–Crippen LogP) is 5.42. The summed E-state index contributed by atoms with van der Waals surface area (Å²) >= 11 is 9.25. The molecule has 0 aliphatic rings. The smallest absolute Gasteiger partial charge is 0.238 e. The zero-order chi connectivity index (χ0) is 23.5. The number of carbonyl (C=O) groups excluding carboxylic acids is 1. The van der Waals surface area contributed by atoms with Gasteiger partial charge in [-0.15, -0.1) is 0 Å². The number of ether oxygens (including phenoxy) is 1. The number of nitrogens with two attached hydrogens (primary N) is 1. The predicted molar refractivity (Wildman–Crippen MR) is 125 cm³/mol. The zero-order valence-corrected chi connectivity index (χ0v) is 20.0. The number of amides is 1. The van der Waals surface area contributed by atoms with Crippen LogP contribution in [0, 0.1) is 5.82 Å². The molecule has 0 aliphatic carbocycles. The van der Waals surface area contributed by atoms with Gasteiger partial charge < -0.3 is 10.1 Å². The van der Waals surface area contributed by atoms with Crippen molar-refractivity contribution in [1.82, 2.24) is 0 Å². The molecule has 3 aromatic carbocycles. The third-order valence-corrected chi connectivity index (χ3v) is 6.28. The number of benzene rings is 3. The van der Waals surface area contributed by atoms with Gasteiger partial charge in [0.25, 0.3) is 0 Å². The highest BCUT2D eigenvalue weighted by Gasteiger charge is 2.14. The monoisotopic (exact) mass is 540 g/mol. The fourth-order valence-corrected chi connectivity index (χ4v) is 4.01. The Morgan fingerprint density at radius 1 is 1.12 bits per heavy atom. The Labute approximate surface area is 198 Å². The summed E-state index contributed by atoms with van der Waals surface area (Å²) < 4.78 is 43.0. The molecule has 0 spiro atoms. The molecule has 6 nitrogen and oxygen atoms in total. The van der Waals surface area contributed by atoms with E-state index in [1.54, 1.807) is 18.2 Å². The van der Waals surface area contributed by atoms with Gasteiger partial charge in [-0.3, -0.25) is 4.79 Å². The molecule has 0 fully saturated rings. The first kappa shape index (κ1) is 24.2. The van der Waals surface area contributed by atoms with Crippen molar-refractivity contribution in [3.8, 4) is 11.5 Å². The summed E-state index contributed by atoms with van der Waals surface area (Å²) in [4.78, 5) is 12.4. The van der Waals surface area contributed by atoms with E-state index < -0.39 is 15.8 Å². The molecule has 0 bridgehead atoms. The first-order valence-electron chi connectivity index (χ1n) is 9.43. The highest BCUT2D eigenvalue weighted by Crippen LogP contribution is 2.36. The van der Waals surface area contributed by atoms with Gasteiger partial charge in [-0.25, -0.2) is 17.9 Å². The topological polar surface area (TPSA) is 98.5 Å². The molecule has 168 valence electrons. The summed E-state index contributed by atoms with van der Waals surface area (Å²) in [5.74, 6) is -0.298. The second kappa shape index (κ2) is 9.99. The van der Waals surface area contributed by atoms with Gasteiger partial charge in [0.1, 0.15) is 22.3 Å². The summed E-state index contributed by atoms with van der Waals surface area (Å²) in [5, 5.41) is 7.63. The second-order valence-corrected chi connectivity index (χ2v) is 9.75. The highest BCUT2D eigenvalue weighted by atomic mass is 79.9. The van der Waals surface area contributed by atoms with E-state index in [1.165, 1.54) is 30.3 Å². The molecule has 10 heteroatoms. The maximum Gasteiger partial charge on any atom is 0.238 e. The molecular formula is C22H19BrClFN2O4S. The summed E-state index contributed by atoms with van der Waals surface area (Å²) in [6.45, 7) is 1.95. The van der Waals surface area contributed by atoms with Crippen molar-refractivity contribution in [2.75, 3.05) is 5.32 Å². The number of halogens is 3. The number of hydrogen-bond acceptors (Lipinski definition) is 4. The van der Waals surface area contributed by atoms with Crippen molar-refractivity contribution in [2.24, 2.45) is 5.14 Å². The molecule has 3 rings (SSSR count). The van der Waals surface area contributed by atoms with Crippen LogP contribution in [0.2, 0.25) is 5.02 Å². The number of rotatable bonds is 7. The van der Waals surface area contributed by atoms with Gasteiger partial charge in [0, 0.05) is 10.2 Å². The van der Waals surface area contributed by atoms with Crippen molar-refractivity contribution in [1.29, 1.82) is 0 Å². The third-order valence-electron chi connectivity index (χ3n) is 4.52. The quantitative estimate of drug-likeness (QED) is 0.390. The van der Waals surface area contributed by atoms with Gasteiger partial charge in [-0.1, -0.05) is 46.6 Å². The van der Waals surface area contributed by atoms with Crippen molar-refractivity contribution < 1.29 is 22.3 Å². The van der Waals surface area contributed by atoms with Gasteiger partial charge >= 0.3 is 0 Å². The Balaban J connectivity index is 1.77. The van der Waals surface area contributed by atoms with E-state index >= 15 is 0 Å². The maximum absolute atomic E-state index is 13.9. The number of nitrogens with one attached hydrogen (secondary N) is 1. The van der Waals surface area contributed by atoms with Crippen LogP contribution in [0.5, 0.6) is 11.5 Å². The van der Waals surface area contributed by atoms with Crippen LogP contribution in [0.15, 0.2) is 64.0 Å². The van der Waals surface area contributed by atoms with Crippen molar-refractivity contribution in [3.05, 3.63) is 81.0 Å². The molecule has 32 heavy (non-hydrogen) atoms. The zero-order valence-electron chi connectivity index (χ0n) is 16.9. The second-order valence-electron chi connectivity index (χ2n) is 6.89. The van der Waals surface area contributed by atoms with Crippen LogP contribution in [0.4, 0.5) is 10.1 Å². The van der Waals surface area contributed by atoms with E-state index in [2.05, 4.69) is 21.2 Å². The molecule has 0 heterocycles. The lowest BCUT2D eigenvalue weighted by Crippen LogP contribution is -2.15. The Morgan fingerprint density at radius 2 is 1.81 bits per heavy atom. The largest absolute Gasteiger partial charge is 0.455 e. The SMILES string of the molecule is CCc1ccc(CC(=O)Nc2ccc(S(N)(=O)=O)cc2)cc1Oc1cc(Br)cc(F)c1Cl. The van der Waals surface area contributed by atoms with E-state index in [9.17, 15) is 17.6 Å². The summed E-state index contributed by atoms with van der Waals surface area (Å²) in [5.41, 5.74) is 1.96. The minimum Gasteiger partial charge on any atom is -0.455 e. The number of sulfonamides is 1. The minimum atomic E-state index is -3.80. The molecule has 0 atom stereocenters. The molecule has 0 saturated heterocycles. The molecule has 0 unspecified atom stereocenters. The van der Waals surface area contributed by atoms with Gasteiger partial charge in [-0.2, -0.15) is 0 Å². The molecular weight excluding hydrogens is 523 g/mol. The fraction of sp³-hybridized carbons (Fsp3) is 0.136. The van der Waals surface area contributed by atoms with Gasteiger partial charge in [0.15, 0.2) is 0 Å². The van der Waals surface area contributed by atoms with Crippen molar-refractivity contribution in [2.45, 2.75) is 24.7 Å². The average molecular weight is 542 g/mol. The number of primary sulfonamides is 1. The molecule has 0 aliphatic heterocycles. The van der Waals surface area contributed by atoms with Crippen LogP contribution in [0.1, 0.15) is 18.1 Å².